The van der Waals surface area contributed by atoms with Crippen LogP contribution in [0.3, 0.4) is 0 Å². The molecule has 96 valence electrons. The number of rotatable bonds is 2. The van der Waals surface area contributed by atoms with Crippen LogP contribution in [0.15, 0.2) is 24.3 Å². The lowest BCUT2D eigenvalue weighted by Gasteiger charge is -2.26. The van der Waals surface area contributed by atoms with E-state index < -0.39 is 0 Å². The van der Waals surface area contributed by atoms with Crippen molar-refractivity contribution >= 4 is 21.6 Å². The Bertz CT molecular complexity index is 496. The second kappa shape index (κ2) is 4.96. The zero-order chi connectivity index (χ0) is 12.4. The van der Waals surface area contributed by atoms with Crippen LogP contribution < -0.4 is 5.73 Å². The van der Waals surface area contributed by atoms with Crippen LogP contribution in [-0.2, 0) is 11.2 Å². The molecule has 1 aromatic carbocycles. The molecule has 1 aliphatic rings. The van der Waals surface area contributed by atoms with E-state index in [1.54, 1.807) is 11.3 Å². The number of nitrogens with two attached hydrogens (primary N) is 1. The van der Waals surface area contributed by atoms with Crippen LogP contribution in [0, 0.1) is 0 Å². The minimum atomic E-state index is -0.135. The van der Waals surface area contributed by atoms with Crippen molar-refractivity contribution in [3.05, 3.63) is 29.3 Å². The van der Waals surface area contributed by atoms with Crippen LogP contribution in [0.4, 0.5) is 0 Å². The van der Waals surface area contributed by atoms with Gasteiger partial charge in [-0.25, -0.2) is 4.98 Å². The van der Waals surface area contributed by atoms with Gasteiger partial charge < -0.3 is 10.5 Å². The first-order chi connectivity index (χ1) is 8.75. The molecule has 2 aromatic rings. The maximum atomic E-state index is 6.50. The molecule has 1 fully saturated rings. The summed E-state index contributed by atoms with van der Waals surface area (Å²) >= 11 is 1.76. The number of hydrogen-bond donors (Lipinski definition) is 1. The van der Waals surface area contributed by atoms with Crippen LogP contribution in [0.2, 0.25) is 0 Å². The fraction of sp³-hybridized carbons (Fsp3) is 0.500. The highest BCUT2D eigenvalue weighted by Gasteiger charge is 2.28. The highest BCUT2D eigenvalue weighted by molar-refractivity contribution is 7.18. The Kier molecular flexibility index (Phi) is 3.33. The van der Waals surface area contributed by atoms with E-state index in [-0.39, 0.29) is 5.54 Å². The van der Waals surface area contributed by atoms with Crippen molar-refractivity contribution < 1.29 is 4.74 Å². The van der Waals surface area contributed by atoms with Gasteiger partial charge in [-0.1, -0.05) is 12.1 Å². The number of ether oxygens (including phenoxy) is 1. The average molecular weight is 262 g/mol. The molecule has 0 bridgehead atoms. The van der Waals surface area contributed by atoms with Gasteiger partial charge in [0.2, 0.25) is 0 Å². The highest BCUT2D eigenvalue weighted by Crippen LogP contribution is 2.28. The van der Waals surface area contributed by atoms with Crippen molar-refractivity contribution in [3.63, 3.8) is 0 Å². The Morgan fingerprint density at radius 2 is 2.17 bits per heavy atom. The lowest BCUT2D eigenvalue weighted by molar-refractivity contribution is 0.139. The minimum Gasteiger partial charge on any atom is -0.381 e. The quantitative estimate of drug-likeness (QED) is 0.905. The van der Waals surface area contributed by atoms with E-state index in [0.717, 1.165) is 49.4 Å². The highest BCUT2D eigenvalue weighted by atomic mass is 32.1. The third-order valence-corrected chi connectivity index (χ3v) is 4.59. The van der Waals surface area contributed by atoms with Gasteiger partial charge in [0, 0.05) is 25.2 Å². The van der Waals surface area contributed by atoms with E-state index in [1.807, 2.05) is 6.07 Å². The molecule has 2 heterocycles. The number of fused-ring (bicyclic) bond motifs is 1. The Morgan fingerprint density at radius 3 is 3.06 bits per heavy atom. The van der Waals surface area contributed by atoms with Crippen molar-refractivity contribution in [2.45, 2.75) is 31.2 Å². The summed E-state index contributed by atoms with van der Waals surface area (Å²) in [4.78, 5) is 4.68. The van der Waals surface area contributed by atoms with Crippen LogP contribution in [0.5, 0.6) is 0 Å². The molecule has 0 aliphatic carbocycles. The molecule has 4 heteroatoms. The zero-order valence-electron chi connectivity index (χ0n) is 10.4. The fourth-order valence-electron chi connectivity index (χ4n) is 2.50. The topological polar surface area (TPSA) is 48.1 Å². The van der Waals surface area contributed by atoms with E-state index in [0.29, 0.717) is 0 Å². The van der Waals surface area contributed by atoms with Crippen molar-refractivity contribution in [1.82, 2.24) is 4.98 Å². The predicted octanol–water partition coefficient (Wildman–Crippen LogP) is 2.74. The molecule has 1 aliphatic heterocycles. The third kappa shape index (κ3) is 2.55. The molecule has 1 atom stereocenters. The van der Waals surface area contributed by atoms with E-state index in [1.165, 1.54) is 4.70 Å². The Balaban J connectivity index is 1.82. The molecular weight excluding hydrogens is 244 g/mol. The molecule has 0 radical (unpaired) electrons. The number of hydrogen-bond acceptors (Lipinski definition) is 4. The molecule has 1 unspecified atom stereocenters. The summed E-state index contributed by atoms with van der Waals surface area (Å²) in [6.07, 6.45) is 3.89. The first-order valence-corrected chi connectivity index (χ1v) is 7.28. The SMILES string of the molecule is NC1(Cc2nc3ccccc3s2)CCCOCC1. The van der Waals surface area contributed by atoms with Gasteiger partial charge in [0.15, 0.2) is 0 Å². The van der Waals surface area contributed by atoms with Crippen molar-refractivity contribution in [3.8, 4) is 0 Å². The van der Waals surface area contributed by atoms with Crippen LogP contribution in [-0.4, -0.2) is 23.7 Å². The van der Waals surface area contributed by atoms with Crippen molar-refractivity contribution in [2.75, 3.05) is 13.2 Å². The van der Waals surface area contributed by atoms with E-state index in [2.05, 4.69) is 23.2 Å². The maximum absolute atomic E-state index is 6.50. The Hall–Kier alpha value is -0.970. The Labute approximate surface area is 111 Å². The Morgan fingerprint density at radius 1 is 1.28 bits per heavy atom. The summed E-state index contributed by atoms with van der Waals surface area (Å²) in [7, 11) is 0. The number of para-hydroxylation sites is 1. The number of thiazole rings is 1. The molecule has 0 amide bonds. The normalized spacial score (nSPS) is 25.2. The molecule has 0 saturated carbocycles. The number of benzene rings is 1. The summed E-state index contributed by atoms with van der Waals surface area (Å²) in [5.74, 6) is 0. The molecule has 0 spiro atoms. The van der Waals surface area contributed by atoms with Gasteiger partial charge in [-0.2, -0.15) is 0 Å². The van der Waals surface area contributed by atoms with E-state index in [4.69, 9.17) is 10.5 Å². The zero-order valence-corrected chi connectivity index (χ0v) is 11.2. The summed E-state index contributed by atoms with van der Waals surface area (Å²) in [6, 6.07) is 8.27. The maximum Gasteiger partial charge on any atom is 0.0956 e. The standard InChI is InChI=1S/C14H18N2OS/c15-14(6-3-8-17-9-7-14)10-13-16-11-4-1-2-5-12(11)18-13/h1-2,4-5H,3,6-10,15H2. The molecule has 18 heavy (non-hydrogen) atoms. The first-order valence-electron chi connectivity index (χ1n) is 6.46. The largest absolute Gasteiger partial charge is 0.381 e. The van der Waals surface area contributed by atoms with Gasteiger partial charge in [0.25, 0.3) is 0 Å². The minimum absolute atomic E-state index is 0.135. The molecular formula is C14H18N2OS. The predicted molar refractivity (Wildman–Crippen MR) is 74.9 cm³/mol. The van der Waals surface area contributed by atoms with Crippen molar-refractivity contribution in [2.24, 2.45) is 5.73 Å². The fourth-order valence-corrected chi connectivity index (χ4v) is 3.62. The van der Waals surface area contributed by atoms with Gasteiger partial charge >= 0.3 is 0 Å². The number of nitrogens with zero attached hydrogens (tertiary/aromatic N) is 1. The molecule has 3 rings (SSSR count). The van der Waals surface area contributed by atoms with Crippen LogP contribution >= 0.6 is 11.3 Å². The third-order valence-electron chi connectivity index (χ3n) is 3.55. The molecule has 2 N–H and O–H groups in total. The lowest BCUT2D eigenvalue weighted by atomic mass is 9.89. The second-order valence-corrected chi connectivity index (χ2v) is 6.20. The van der Waals surface area contributed by atoms with Gasteiger partial charge in [0.1, 0.15) is 0 Å². The summed E-state index contributed by atoms with van der Waals surface area (Å²) in [5.41, 5.74) is 7.45. The number of aromatic nitrogens is 1. The van der Waals surface area contributed by atoms with Gasteiger partial charge in [-0.05, 0) is 31.4 Å². The van der Waals surface area contributed by atoms with E-state index in [9.17, 15) is 0 Å². The van der Waals surface area contributed by atoms with Gasteiger partial charge in [-0.3, -0.25) is 0 Å². The van der Waals surface area contributed by atoms with Crippen LogP contribution in [0.25, 0.3) is 10.2 Å². The van der Waals surface area contributed by atoms with Crippen molar-refractivity contribution in [1.29, 1.82) is 0 Å². The second-order valence-electron chi connectivity index (χ2n) is 5.08. The lowest BCUT2D eigenvalue weighted by Crippen LogP contribution is -2.42. The molecule has 3 nitrogen and oxygen atoms in total. The summed E-state index contributed by atoms with van der Waals surface area (Å²) < 4.78 is 6.74. The monoisotopic (exact) mass is 262 g/mol. The summed E-state index contributed by atoms with van der Waals surface area (Å²) in [6.45, 7) is 1.63. The average Bonchev–Trinajstić information content (AvgIpc) is 2.63. The van der Waals surface area contributed by atoms with E-state index >= 15 is 0 Å². The molecule has 1 aromatic heterocycles. The summed E-state index contributed by atoms with van der Waals surface area (Å²) in [5, 5.41) is 1.15. The van der Waals surface area contributed by atoms with Gasteiger partial charge in [0.05, 0.1) is 15.2 Å². The smallest absolute Gasteiger partial charge is 0.0956 e. The first kappa shape index (κ1) is 12.1. The molecule has 1 saturated heterocycles. The van der Waals surface area contributed by atoms with Crippen LogP contribution in [0.1, 0.15) is 24.3 Å². The van der Waals surface area contributed by atoms with Gasteiger partial charge in [-0.15, -0.1) is 11.3 Å².